The second-order valence-electron chi connectivity index (χ2n) is 6.74. The minimum absolute atomic E-state index is 0.0547. The largest absolute Gasteiger partial charge is 0.486 e. The molecule has 0 radical (unpaired) electrons. The molecule has 0 bridgehead atoms. The number of hydrogen-bond acceptors (Lipinski definition) is 4. The Hall–Kier alpha value is -2.93. The standard InChI is InChI=1S/C20H20ClN3O4/c1-12-15(21)3-2-4-16(12)23-20(26)22-13-9-19(25)24(11-13)14-5-6-17-18(10-14)28-8-7-27-17/h2-6,10,13H,7-9,11H2,1H3,(H2,22,23,26)/t13-/m0/s1. The number of amides is 3. The van der Waals surface area contributed by atoms with Crippen molar-refractivity contribution in [1.82, 2.24) is 5.32 Å². The third-order valence-electron chi connectivity index (χ3n) is 4.81. The molecular formula is C20H20ClN3O4. The predicted molar refractivity (Wildman–Crippen MR) is 107 cm³/mol. The Balaban J connectivity index is 1.40. The molecular weight excluding hydrogens is 382 g/mol. The summed E-state index contributed by atoms with van der Waals surface area (Å²) in [6.45, 7) is 3.22. The van der Waals surface area contributed by atoms with Crippen molar-refractivity contribution in [2.45, 2.75) is 19.4 Å². The number of nitrogens with zero attached hydrogens (tertiary/aromatic N) is 1. The fourth-order valence-corrected chi connectivity index (χ4v) is 3.51. The van der Waals surface area contributed by atoms with E-state index < -0.39 is 0 Å². The van der Waals surface area contributed by atoms with Gasteiger partial charge in [0.2, 0.25) is 5.91 Å². The molecule has 2 aromatic rings. The molecule has 0 spiro atoms. The first-order valence-electron chi connectivity index (χ1n) is 9.04. The number of urea groups is 1. The molecule has 1 fully saturated rings. The van der Waals surface area contributed by atoms with E-state index in [0.717, 1.165) is 11.3 Å². The van der Waals surface area contributed by atoms with Crippen LogP contribution in [0.1, 0.15) is 12.0 Å². The van der Waals surface area contributed by atoms with Crippen LogP contribution in [0.2, 0.25) is 5.02 Å². The van der Waals surface area contributed by atoms with Crippen molar-refractivity contribution in [3.05, 3.63) is 47.0 Å². The van der Waals surface area contributed by atoms with Gasteiger partial charge >= 0.3 is 6.03 Å². The third-order valence-corrected chi connectivity index (χ3v) is 5.22. The number of benzene rings is 2. The zero-order chi connectivity index (χ0) is 19.7. The Morgan fingerprint density at radius 1 is 1.18 bits per heavy atom. The minimum atomic E-state index is -0.368. The molecule has 4 rings (SSSR count). The quantitative estimate of drug-likeness (QED) is 0.826. The van der Waals surface area contributed by atoms with Gasteiger partial charge in [-0.1, -0.05) is 17.7 Å². The van der Waals surface area contributed by atoms with Gasteiger partial charge in [0.15, 0.2) is 11.5 Å². The fourth-order valence-electron chi connectivity index (χ4n) is 3.34. The van der Waals surface area contributed by atoms with Gasteiger partial charge in [0.25, 0.3) is 0 Å². The molecule has 3 amide bonds. The summed E-state index contributed by atoms with van der Waals surface area (Å²) in [5, 5.41) is 6.22. The van der Waals surface area contributed by atoms with Crippen LogP contribution in [0, 0.1) is 6.92 Å². The maximum Gasteiger partial charge on any atom is 0.319 e. The van der Waals surface area contributed by atoms with Gasteiger partial charge in [-0.05, 0) is 36.8 Å². The highest BCUT2D eigenvalue weighted by molar-refractivity contribution is 6.31. The Labute approximate surface area is 167 Å². The molecule has 2 aliphatic rings. The van der Waals surface area contributed by atoms with E-state index in [-0.39, 0.29) is 24.4 Å². The lowest BCUT2D eigenvalue weighted by molar-refractivity contribution is -0.117. The van der Waals surface area contributed by atoms with Crippen LogP contribution in [-0.2, 0) is 4.79 Å². The number of hydrogen-bond donors (Lipinski definition) is 2. The number of ether oxygens (including phenoxy) is 2. The molecule has 2 heterocycles. The molecule has 1 saturated heterocycles. The molecule has 0 saturated carbocycles. The average Bonchev–Trinajstić information content (AvgIpc) is 3.05. The summed E-state index contributed by atoms with van der Waals surface area (Å²) in [4.78, 5) is 26.4. The second-order valence-corrected chi connectivity index (χ2v) is 7.15. The Morgan fingerprint density at radius 3 is 2.79 bits per heavy atom. The van der Waals surface area contributed by atoms with Crippen LogP contribution in [0.25, 0.3) is 0 Å². The van der Waals surface area contributed by atoms with E-state index in [1.165, 1.54) is 0 Å². The number of anilines is 2. The van der Waals surface area contributed by atoms with E-state index in [1.54, 1.807) is 35.2 Å². The molecule has 0 aliphatic carbocycles. The molecule has 8 heteroatoms. The first kappa shape index (κ1) is 18.4. The third kappa shape index (κ3) is 3.71. The van der Waals surface area contributed by atoms with Crippen molar-refractivity contribution < 1.29 is 19.1 Å². The van der Waals surface area contributed by atoms with Crippen molar-refractivity contribution in [2.24, 2.45) is 0 Å². The lowest BCUT2D eigenvalue weighted by atomic mass is 10.2. The van der Waals surface area contributed by atoms with Crippen molar-refractivity contribution in [3.8, 4) is 11.5 Å². The summed E-state index contributed by atoms with van der Waals surface area (Å²) < 4.78 is 11.1. The Kier molecular flexibility index (Phi) is 5.00. The van der Waals surface area contributed by atoms with Crippen molar-refractivity contribution >= 4 is 34.9 Å². The highest BCUT2D eigenvalue weighted by Crippen LogP contribution is 2.35. The molecule has 0 aromatic heterocycles. The molecule has 2 aromatic carbocycles. The fraction of sp³-hybridized carbons (Fsp3) is 0.300. The summed E-state index contributed by atoms with van der Waals surface area (Å²) in [5.74, 6) is 1.25. The van der Waals surface area contributed by atoms with E-state index in [1.807, 2.05) is 13.0 Å². The van der Waals surface area contributed by atoms with Crippen LogP contribution >= 0.6 is 11.6 Å². The van der Waals surface area contributed by atoms with Crippen molar-refractivity contribution in [3.63, 3.8) is 0 Å². The van der Waals surface area contributed by atoms with E-state index >= 15 is 0 Å². The van der Waals surface area contributed by atoms with Crippen LogP contribution in [0.15, 0.2) is 36.4 Å². The SMILES string of the molecule is Cc1c(Cl)cccc1NC(=O)N[C@H]1CC(=O)N(c2ccc3c(c2)OCCO3)C1. The molecule has 0 unspecified atom stereocenters. The van der Waals surface area contributed by atoms with Gasteiger partial charge in [0, 0.05) is 35.4 Å². The number of halogens is 1. The summed E-state index contributed by atoms with van der Waals surface area (Å²) >= 11 is 6.08. The topological polar surface area (TPSA) is 79.9 Å². The molecule has 1 atom stereocenters. The summed E-state index contributed by atoms with van der Waals surface area (Å²) in [7, 11) is 0. The minimum Gasteiger partial charge on any atom is -0.486 e. The van der Waals surface area contributed by atoms with E-state index in [2.05, 4.69) is 10.6 Å². The van der Waals surface area contributed by atoms with Crippen LogP contribution in [0.3, 0.4) is 0 Å². The zero-order valence-electron chi connectivity index (χ0n) is 15.3. The van der Waals surface area contributed by atoms with Gasteiger partial charge in [-0.15, -0.1) is 0 Å². The Bertz CT molecular complexity index is 934. The lowest BCUT2D eigenvalue weighted by Gasteiger charge is -2.22. The first-order chi connectivity index (χ1) is 13.5. The Morgan fingerprint density at radius 2 is 1.96 bits per heavy atom. The first-order valence-corrected chi connectivity index (χ1v) is 9.42. The smallest absolute Gasteiger partial charge is 0.319 e. The summed E-state index contributed by atoms with van der Waals surface area (Å²) in [6.07, 6.45) is 0.233. The number of fused-ring (bicyclic) bond motifs is 1. The monoisotopic (exact) mass is 401 g/mol. The molecule has 146 valence electrons. The van der Waals surface area contributed by atoms with Gasteiger partial charge in [0.1, 0.15) is 13.2 Å². The van der Waals surface area contributed by atoms with Crippen LogP contribution in [0.5, 0.6) is 11.5 Å². The average molecular weight is 402 g/mol. The summed E-state index contributed by atoms with van der Waals surface area (Å²) in [6, 6.07) is 10.1. The normalized spacial score (nSPS) is 18.1. The predicted octanol–water partition coefficient (Wildman–Crippen LogP) is 3.35. The number of rotatable bonds is 3. The maximum absolute atomic E-state index is 12.5. The van der Waals surface area contributed by atoms with Crippen molar-refractivity contribution in [1.29, 1.82) is 0 Å². The molecule has 7 nitrogen and oxygen atoms in total. The van der Waals surface area contributed by atoms with Crippen LogP contribution in [0.4, 0.5) is 16.2 Å². The molecule has 2 N–H and O–H groups in total. The molecule has 2 aliphatic heterocycles. The van der Waals surface area contributed by atoms with Gasteiger partial charge in [0.05, 0.1) is 6.04 Å². The van der Waals surface area contributed by atoms with E-state index in [4.69, 9.17) is 21.1 Å². The highest BCUT2D eigenvalue weighted by Gasteiger charge is 2.32. The zero-order valence-corrected chi connectivity index (χ0v) is 16.1. The van der Waals surface area contributed by atoms with E-state index in [9.17, 15) is 9.59 Å². The summed E-state index contributed by atoms with van der Waals surface area (Å²) in [5.41, 5.74) is 2.15. The highest BCUT2D eigenvalue weighted by atomic mass is 35.5. The second kappa shape index (κ2) is 7.59. The number of nitrogens with one attached hydrogen (secondary N) is 2. The van der Waals surface area contributed by atoms with Crippen LogP contribution < -0.4 is 25.0 Å². The van der Waals surface area contributed by atoms with Gasteiger partial charge in [-0.2, -0.15) is 0 Å². The van der Waals surface area contributed by atoms with Gasteiger partial charge in [-0.3, -0.25) is 4.79 Å². The number of carbonyl (C=O) groups excluding carboxylic acids is 2. The lowest BCUT2D eigenvalue weighted by Crippen LogP contribution is -2.39. The van der Waals surface area contributed by atoms with Crippen LogP contribution in [-0.4, -0.2) is 37.7 Å². The number of carbonyl (C=O) groups is 2. The molecule has 28 heavy (non-hydrogen) atoms. The maximum atomic E-state index is 12.5. The van der Waals surface area contributed by atoms with Gasteiger partial charge < -0.3 is 25.0 Å². The van der Waals surface area contributed by atoms with Gasteiger partial charge in [-0.25, -0.2) is 4.79 Å². The van der Waals surface area contributed by atoms with Crippen molar-refractivity contribution in [2.75, 3.05) is 30.0 Å². The van der Waals surface area contributed by atoms with E-state index in [0.29, 0.717) is 42.0 Å².